The van der Waals surface area contributed by atoms with Crippen molar-refractivity contribution in [1.82, 2.24) is 30.0 Å². The Labute approximate surface area is 168 Å². The topological polar surface area (TPSA) is 93.0 Å². The second kappa shape index (κ2) is 8.64. The number of nitrogens with zero attached hydrogens (tertiary/aromatic N) is 5. The van der Waals surface area contributed by atoms with Gasteiger partial charge in [-0.2, -0.15) is 5.10 Å². The molecule has 0 bridgehead atoms. The first-order valence-electron chi connectivity index (χ1n) is 9.59. The molecule has 1 aliphatic heterocycles. The van der Waals surface area contributed by atoms with Gasteiger partial charge in [0.1, 0.15) is 12.7 Å². The van der Waals surface area contributed by atoms with E-state index < -0.39 is 0 Å². The van der Waals surface area contributed by atoms with Crippen molar-refractivity contribution in [3.8, 4) is 5.82 Å². The van der Waals surface area contributed by atoms with Crippen LogP contribution in [0.5, 0.6) is 0 Å². The van der Waals surface area contributed by atoms with Crippen LogP contribution in [-0.2, 0) is 22.6 Å². The Morgan fingerprint density at radius 2 is 2.03 bits per heavy atom. The molecule has 2 amide bonds. The molecule has 8 heteroatoms. The summed E-state index contributed by atoms with van der Waals surface area (Å²) in [6.45, 7) is 1.41. The number of carbonyl (C=O) groups is 2. The van der Waals surface area contributed by atoms with Gasteiger partial charge in [-0.25, -0.2) is 14.6 Å². The third kappa shape index (κ3) is 4.48. The second-order valence-electron chi connectivity index (χ2n) is 7.02. The van der Waals surface area contributed by atoms with Crippen LogP contribution in [0.1, 0.15) is 17.5 Å². The highest BCUT2D eigenvalue weighted by Gasteiger charge is 2.33. The molecule has 1 aliphatic rings. The van der Waals surface area contributed by atoms with Crippen LogP contribution < -0.4 is 5.32 Å². The summed E-state index contributed by atoms with van der Waals surface area (Å²) in [5.74, 6) is 0.210. The summed E-state index contributed by atoms with van der Waals surface area (Å²) in [5, 5.41) is 7.03. The van der Waals surface area contributed by atoms with Gasteiger partial charge in [0.2, 0.25) is 11.8 Å². The van der Waals surface area contributed by atoms with E-state index in [1.807, 2.05) is 42.5 Å². The Morgan fingerprint density at radius 3 is 2.83 bits per heavy atom. The molecule has 8 nitrogen and oxygen atoms in total. The highest BCUT2D eigenvalue weighted by atomic mass is 16.2. The predicted octanol–water partition coefficient (Wildman–Crippen LogP) is 1.37. The average Bonchev–Trinajstić information content (AvgIpc) is 3.41. The largest absolute Gasteiger partial charge is 0.352 e. The van der Waals surface area contributed by atoms with E-state index in [0.717, 1.165) is 12.0 Å². The summed E-state index contributed by atoms with van der Waals surface area (Å²) in [6, 6.07) is 13.7. The number of hydrogen-bond donors (Lipinski definition) is 1. The first-order chi connectivity index (χ1) is 14.2. The van der Waals surface area contributed by atoms with Crippen LogP contribution in [0.25, 0.3) is 5.82 Å². The summed E-state index contributed by atoms with van der Waals surface area (Å²) < 4.78 is 1.56. The number of nitrogens with one attached hydrogen (secondary N) is 1. The van der Waals surface area contributed by atoms with Crippen molar-refractivity contribution in [1.29, 1.82) is 0 Å². The van der Waals surface area contributed by atoms with Crippen LogP contribution in [0.15, 0.2) is 61.3 Å². The van der Waals surface area contributed by atoms with Crippen LogP contribution in [0.3, 0.4) is 0 Å². The molecule has 0 saturated carbocycles. The Morgan fingerprint density at radius 1 is 1.17 bits per heavy atom. The van der Waals surface area contributed by atoms with Crippen molar-refractivity contribution < 1.29 is 9.59 Å². The average molecular weight is 390 g/mol. The number of benzene rings is 1. The lowest BCUT2D eigenvalue weighted by Crippen LogP contribution is -2.33. The fourth-order valence-corrected chi connectivity index (χ4v) is 3.49. The molecule has 3 aromatic rings. The molecule has 3 heterocycles. The van der Waals surface area contributed by atoms with E-state index in [4.69, 9.17) is 0 Å². The summed E-state index contributed by atoms with van der Waals surface area (Å²) in [6.07, 6.45) is 5.71. The Balaban J connectivity index is 1.32. The lowest BCUT2D eigenvalue weighted by atomic mass is 10.1. The maximum absolute atomic E-state index is 12.6. The maximum Gasteiger partial charge on any atom is 0.225 e. The molecule has 29 heavy (non-hydrogen) atoms. The van der Waals surface area contributed by atoms with Gasteiger partial charge in [0.25, 0.3) is 0 Å². The number of aromatic nitrogens is 4. The highest BCUT2D eigenvalue weighted by Crippen LogP contribution is 2.19. The molecule has 1 aromatic carbocycles. The molecule has 1 saturated heterocycles. The van der Waals surface area contributed by atoms with Gasteiger partial charge < -0.3 is 10.2 Å². The SMILES string of the molecule is O=C(NCc1cccnc1-n1cncn1)[C@H]1CC(=O)N(CCc2ccccc2)C1. The molecule has 148 valence electrons. The van der Waals surface area contributed by atoms with E-state index in [-0.39, 0.29) is 24.2 Å². The second-order valence-corrected chi connectivity index (χ2v) is 7.02. The first-order valence-corrected chi connectivity index (χ1v) is 9.59. The van der Waals surface area contributed by atoms with Crippen molar-refractivity contribution in [3.63, 3.8) is 0 Å². The molecule has 0 unspecified atom stereocenters. The van der Waals surface area contributed by atoms with E-state index >= 15 is 0 Å². The van der Waals surface area contributed by atoms with Gasteiger partial charge in [-0.05, 0) is 18.1 Å². The van der Waals surface area contributed by atoms with E-state index in [0.29, 0.717) is 25.5 Å². The van der Waals surface area contributed by atoms with Crippen LogP contribution in [0.2, 0.25) is 0 Å². The van der Waals surface area contributed by atoms with Crippen molar-refractivity contribution in [3.05, 3.63) is 72.4 Å². The zero-order valence-electron chi connectivity index (χ0n) is 15.9. The van der Waals surface area contributed by atoms with E-state index in [1.54, 1.807) is 22.1 Å². The zero-order chi connectivity index (χ0) is 20.1. The summed E-state index contributed by atoms with van der Waals surface area (Å²) in [7, 11) is 0. The van der Waals surface area contributed by atoms with Gasteiger partial charge >= 0.3 is 0 Å². The molecule has 4 rings (SSSR count). The van der Waals surface area contributed by atoms with Crippen molar-refractivity contribution in [2.24, 2.45) is 5.92 Å². The Hall–Kier alpha value is -3.55. The van der Waals surface area contributed by atoms with E-state index in [9.17, 15) is 9.59 Å². The Kier molecular flexibility index (Phi) is 5.60. The van der Waals surface area contributed by atoms with Gasteiger partial charge in [0, 0.05) is 37.8 Å². The number of amides is 2. The first kappa shape index (κ1) is 18.8. The standard InChI is InChI=1S/C21H22N6O2/c28-19-11-18(13-26(19)10-8-16-5-2-1-3-6-16)21(29)24-12-17-7-4-9-23-20(17)27-15-22-14-25-27/h1-7,9,14-15,18H,8,10-13H2,(H,24,29)/t18-/m0/s1. The van der Waals surface area contributed by atoms with Crippen LogP contribution in [-0.4, -0.2) is 49.6 Å². The lowest BCUT2D eigenvalue weighted by molar-refractivity contribution is -0.129. The monoisotopic (exact) mass is 390 g/mol. The fourth-order valence-electron chi connectivity index (χ4n) is 3.49. The number of carbonyl (C=O) groups excluding carboxylic acids is 2. The number of pyridine rings is 1. The fraction of sp³-hybridized carbons (Fsp3) is 0.286. The third-order valence-corrected chi connectivity index (χ3v) is 5.05. The lowest BCUT2D eigenvalue weighted by Gasteiger charge is -2.17. The highest BCUT2D eigenvalue weighted by molar-refractivity contribution is 5.89. The minimum Gasteiger partial charge on any atom is -0.352 e. The van der Waals surface area contributed by atoms with Crippen molar-refractivity contribution in [2.75, 3.05) is 13.1 Å². The normalized spacial score (nSPS) is 16.2. The van der Waals surface area contributed by atoms with E-state index in [1.165, 1.54) is 11.9 Å². The predicted molar refractivity (Wildman–Crippen MR) is 106 cm³/mol. The maximum atomic E-state index is 12.6. The number of likely N-dealkylation sites (tertiary alicyclic amines) is 1. The minimum atomic E-state index is -0.329. The molecule has 1 N–H and O–H groups in total. The quantitative estimate of drug-likeness (QED) is 0.658. The van der Waals surface area contributed by atoms with Gasteiger partial charge in [-0.15, -0.1) is 0 Å². The van der Waals surface area contributed by atoms with Crippen molar-refractivity contribution in [2.45, 2.75) is 19.4 Å². The summed E-state index contributed by atoms with van der Waals surface area (Å²) in [4.78, 5) is 35.0. The van der Waals surface area contributed by atoms with Crippen molar-refractivity contribution >= 4 is 11.8 Å². The van der Waals surface area contributed by atoms with Gasteiger partial charge in [-0.1, -0.05) is 36.4 Å². The smallest absolute Gasteiger partial charge is 0.225 e. The molecule has 0 aliphatic carbocycles. The third-order valence-electron chi connectivity index (χ3n) is 5.05. The summed E-state index contributed by atoms with van der Waals surface area (Å²) in [5.41, 5.74) is 2.02. The Bertz CT molecular complexity index is 974. The van der Waals surface area contributed by atoms with Gasteiger partial charge in [-0.3, -0.25) is 9.59 Å². The number of rotatable bonds is 7. The molecule has 2 aromatic heterocycles. The molecule has 1 fully saturated rings. The van der Waals surface area contributed by atoms with Crippen LogP contribution in [0, 0.1) is 5.92 Å². The molecule has 0 radical (unpaired) electrons. The van der Waals surface area contributed by atoms with Crippen LogP contribution >= 0.6 is 0 Å². The minimum absolute atomic E-state index is 0.0331. The van der Waals surface area contributed by atoms with Gasteiger partial charge in [0.15, 0.2) is 5.82 Å². The zero-order valence-corrected chi connectivity index (χ0v) is 15.9. The molecular weight excluding hydrogens is 368 g/mol. The molecule has 1 atom stereocenters. The molecular formula is C21H22N6O2. The summed E-state index contributed by atoms with van der Waals surface area (Å²) >= 11 is 0. The van der Waals surface area contributed by atoms with Crippen LogP contribution in [0.4, 0.5) is 0 Å². The number of hydrogen-bond acceptors (Lipinski definition) is 5. The van der Waals surface area contributed by atoms with Gasteiger partial charge in [0.05, 0.1) is 5.92 Å². The van der Waals surface area contributed by atoms with E-state index in [2.05, 4.69) is 20.4 Å². The molecule has 0 spiro atoms.